The van der Waals surface area contributed by atoms with Crippen LogP contribution in [0, 0.1) is 5.82 Å². The van der Waals surface area contributed by atoms with Gasteiger partial charge in [-0.25, -0.2) is 4.39 Å². The SMILES string of the molecule is CSc1ccc(CSc2nnc(-c3ccc(F)cc3)n2C[C@@H]2CCCO2)cc1. The van der Waals surface area contributed by atoms with Gasteiger partial charge in [0.2, 0.25) is 0 Å². The third-order valence-corrected chi connectivity index (χ3v) is 6.54. The van der Waals surface area contributed by atoms with Gasteiger partial charge in [-0.3, -0.25) is 4.57 Å². The van der Waals surface area contributed by atoms with Crippen LogP contribution in [0.2, 0.25) is 0 Å². The van der Waals surface area contributed by atoms with Gasteiger partial charge in [-0.15, -0.1) is 22.0 Å². The summed E-state index contributed by atoms with van der Waals surface area (Å²) in [5, 5.41) is 9.70. The molecule has 0 amide bonds. The maximum absolute atomic E-state index is 13.3. The lowest BCUT2D eigenvalue weighted by Gasteiger charge is -2.15. The van der Waals surface area contributed by atoms with Crippen molar-refractivity contribution in [3.05, 3.63) is 59.9 Å². The van der Waals surface area contributed by atoms with E-state index in [0.717, 1.165) is 41.7 Å². The van der Waals surface area contributed by atoms with Crippen LogP contribution in [0.15, 0.2) is 58.6 Å². The summed E-state index contributed by atoms with van der Waals surface area (Å²) in [7, 11) is 0. The Morgan fingerprint density at radius 1 is 1.11 bits per heavy atom. The zero-order valence-corrected chi connectivity index (χ0v) is 17.3. The van der Waals surface area contributed by atoms with Gasteiger partial charge in [-0.1, -0.05) is 23.9 Å². The molecule has 28 heavy (non-hydrogen) atoms. The summed E-state index contributed by atoms with van der Waals surface area (Å²) in [6, 6.07) is 15.0. The van der Waals surface area contributed by atoms with E-state index in [1.165, 1.54) is 22.6 Å². The molecule has 2 aromatic carbocycles. The highest BCUT2D eigenvalue weighted by Crippen LogP contribution is 2.29. The van der Waals surface area contributed by atoms with Crippen molar-refractivity contribution >= 4 is 23.5 Å². The van der Waals surface area contributed by atoms with Gasteiger partial charge in [0.1, 0.15) is 5.82 Å². The quantitative estimate of drug-likeness (QED) is 0.491. The number of benzene rings is 2. The average Bonchev–Trinajstić information content (AvgIpc) is 3.38. The molecule has 1 atom stereocenters. The number of thioether (sulfide) groups is 2. The average molecular weight is 416 g/mol. The lowest BCUT2D eigenvalue weighted by molar-refractivity contribution is 0.0953. The van der Waals surface area contributed by atoms with Crippen LogP contribution < -0.4 is 0 Å². The largest absolute Gasteiger partial charge is 0.376 e. The molecule has 2 heterocycles. The van der Waals surface area contributed by atoms with Crippen molar-refractivity contribution in [3.8, 4) is 11.4 Å². The Morgan fingerprint density at radius 2 is 1.89 bits per heavy atom. The number of halogens is 1. The van der Waals surface area contributed by atoms with Gasteiger partial charge in [-0.2, -0.15) is 0 Å². The molecule has 1 fully saturated rings. The van der Waals surface area contributed by atoms with Crippen LogP contribution in [-0.2, 0) is 17.0 Å². The van der Waals surface area contributed by atoms with Crippen molar-refractivity contribution in [1.29, 1.82) is 0 Å². The molecule has 0 spiro atoms. The Bertz CT molecular complexity index is 906. The van der Waals surface area contributed by atoms with Crippen molar-refractivity contribution in [1.82, 2.24) is 14.8 Å². The van der Waals surface area contributed by atoms with Crippen LogP contribution in [0.25, 0.3) is 11.4 Å². The van der Waals surface area contributed by atoms with E-state index in [0.29, 0.717) is 6.54 Å². The molecular formula is C21H22FN3OS2. The van der Waals surface area contributed by atoms with Gasteiger partial charge in [-0.05, 0) is 61.1 Å². The summed E-state index contributed by atoms with van der Waals surface area (Å²) in [6.45, 7) is 1.52. The predicted octanol–water partition coefficient (Wildman–Crippen LogP) is 5.28. The second-order valence-corrected chi connectivity index (χ2v) is 8.52. The number of nitrogens with zero attached hydrogens (tertiary/aromatic N) is 3. The number of hydrogen-bond acceptors (Lipinski definition) is 5. The van der Waals surface area contributed by atoms with Gasteiger partial charge < -0.3 is 4.74 Å². The fraction of sp³-hybridized carbons (Fsp3) is 0.333. The molecule has 4 rings (SSSR count). The van der Waals surface area contributed by atoms with E-state index >= 15 is 0 Å². The molecular weight excluding hydrogens is 393 g/mol. The maximum atomic E-state index is 13.3. The van der Waals surface area contributed by atoms with Crippen LogP contribution in [0.5, 0.6) is 0 Å². The normalized spacial score (nSPS) is 16.6. The Balaban J connectivity index is 1.57. The molecule has 0 saturated carbocycles. The number of ether oxygens (including phenoxy) is 1. The van der Waals surface area contributed by atoms with Crippen LogP contribution >= 0.6 is 23.5 Å². The monoisotopic (exact) mass is 415 g/mol. The fourth-order valence-electron chi connectivity index (χ4n) is 3.23. The first-order valence-corrected chi connectivity index (χ1v) is 11.5. The second-order valence-electron chi connectivity index (χ2n) is 6.70. The first kappa shape index (κ1) is 19.5. The minimum atomic E-state index is -0.253. The highest BCUT2D eigenvalue weighted by atomic mass is 32.2. The molecule has 0 N–H and O–H groups in total. The Labute approximate surface area is 172 Å². The van der Waals surface area contributed by atoms with Gasteiger partial charge in [0, 0.05) is 22.8 Å². The third-order valence-electron chi connectivity index (χ3n) is 4.76. The molecule has 0 radical (unpaired) electrons. The minimum absolute atomic E-state index is 0.176. The molecule has 146 valence electrons. The van der Waals surface area contributed by atoms with Crippen molar-refractivity contribution in [2.75, 3.05) is 12.9 Å². The predicted molar refractivity (Wildman–Crippen MR) is 112 cm³/mol. The Hall–Kier alpha value is -1.83. The topological polar surface area (TPSA) is 39.9 Å². The van der Waals surface area contributed by atoms with Gasteiger partial charge in [0.25, 0.3) is 0 Å². The summed E-state index contributed by atoms with van der Waals surface area (Å²) in [5.74, 6) is 1.33. The maximum Gasteiger partial charge on any atom is 0.191 e. The Kier molecular flexibility index (Phi) is 6.34. The molecule has 0 aliphatic carbocycles. The molecule has 4 nitrogen and oxygen atoms in total. The molecule has 7 heteroatoms. The number of rotatable bonds is 7. The summed E-state index contributed by atoms with van der Waals surface area (Å²) in [5.41, 5.74) is 2.11. The van der Waals surface area contributed by atoms with Crippen molar-refractivity contribution in [2.24, 2.45) is 0 Å². The molecule has 1 saturated heterocycles. The smallest absolute Gasteiger partial charge is 0.191 e. The van der Waals surface area contributed by atoms with Crippen molar-refractivity contribution in [3.63, 3.8) is 0 Å². The molecule has 1 aliphatic rings. The lowest BCUT2D eigenvalue weighted by Crippen LogP contribution is -2.16. The van der Waals surface area contributed by atoms with Gasteiger partial charge in [0.05, 0.1) is 12.6 Å². The standard InChI is InChI=1S/C21H22FN3OS2/c1-27-19-10-4-15(5-11-19)14-28-21-24-23-20(16-6-8-17(22)9-7-16)25(21)13-18-3-2-12-26-18/h4-11,18H,2-3,12-14H2,1H3/t18-/m0/s1. The molecule has 1 aliphatic heterocycles. The summed E-state index contributed by atoms with van der Waals surface area (Å²) in [6.07, 6.45) is 4.38. The van der Waals surface area contributed by atoms with Crippen LogP contribution in [0.1, 0.15) is 18.4 Å². The van der Waals surface area contributed by atoms with Gasteiger partial charge >= 0.3 is 0 Å². The number of hydrogen-bond donors (Lipinski definition) is 0. The minimum Gasteiger partial charge on any atom is -0.376 e. The van der Waals surface area contributed by atoms with E-state index in [4.69, 9.17) is 4.74 Å². The van der Waals surface area contributed by atoms with E-state index in [2.05, 4.69) is 45.3 Å². The van der Waals surface area contributed by atoms with Crippen LogP contribution in [0.3, 0.4) is 0 Å². The van der Waals surface area contributed by atoms with E-state index in [-0.39, 0.29) is 11.9 Å². The number of aromatic nitrogens is 3. The fourth-order valence-corrected chi connectivity index (χ4v) is 4.55. The lowest BCUT2D eigenvalue weighted by atomic mass is 10.2. The van der Waals surface area contributed by atoms with E-state index in [1.807, 2.05) is 0 Å². The van der Waals surface area contributed by atoms with E-state index in [1.54, 1.807) is 35.7 Å². The first-order valence-electron chi connectivity index (χ1n) is 9.29. The van der Waals surface area contributed by atoms with Crippen LogP contribution in [-0.4, -0.2) is 33.7 Å². The van der Waals surface area contributed by atoms with Crippen LogP contribution in [0.4, 0.5) is 4.39 Å². The molecule has 3 aromatic rings. The first-order chi connectivity index (χ1) is 13.7. The third kappa shape index (κ3) is 4.59. The second kappa shape index (κ2) is 9.11. The summed E-state index contributed by atoms with van der Waals surface area (Å²) < 4.78 is 21.3. The molecule has 0 bridgehead atoms. The highest BCUT2D eigenvalue weighted by Gasteiger charge is 2.21. The van der Waals surface area contributed by atoms with Crippen molar-refractivity contribution < 1.29 is 9.13 Å². The molecule has 1 aromatic heterocycles. The van der Waals surface area contributed by atoms with E-state index < -0.39 is 0 Å². The van der Waals surface area contributed by atoms with Gasteiger partial charge in [0.15, 0.2) is 11.0 Å². The zero-order chi connectivity index (χ0) is 19.3. The highest BCUT2D eigenvalue weighted by molar-refractivity contribution is 7.98. The van der Waals surface area contributed by atoms with E-state index in [9.17, 15) is 4.39 Å². The Morgan fingerprint density at radius 3 is 2.57 bits per heavy atom. The summed E-state index contributed by atoms with van der Waals surface area (Å²) in [4.78, 5) is 1.26. The summed E-state index contributed by atoms with van der Waals surface area (Å²) >= 11 is 3.41. The zero-order valence-electron chi connectivity index (χ0n) is 15.7. The molecule has 0 unspecified atom stereocenters. The van der Waals surface area contributed by atoms with Crippen molar-refractivity contribution in [2.45, 2.75) is 41.3 Å².